The molecule has 1 fully saturated rings. The average molecular weight is 425 g/mol. The smallest absolute Gasteiger partial charge is 0.251 e. The lowest BCUT2D eigenvalue weighted by Crippen LogP contribution is -2.40. The number of nitrogens with one attached hydrogen (secondary N) is 1. The van der Waals surface area contributed by atoms with Crippen molar-refractivity contribution in [3.63, 3.8) is 0 Å². The predicted octanol–water partition coefficient (Wildman–Crippen LogP) is 4.67. The van der Waals surface area contributed by atoms with Crippen LogP contribution < -0.4 is 5.32 Å². The van der Waals surface area contributed by atoms with Crippen LogP contribution in [0.1, 0.15) is 28.8 Å². The summed E-state index contributed by atoms with van der Waals surface area (Å²) in [5.74, 6) is 0.499. The second-order valence-electron chi connectivity index (χ2n) is 8.60. The van der Waals surface area contributed by atoms with Crippen molar-refractivity contribution in [2.45, 2.75) is 19.4 Å². The Bertz CT molecular complexity index is 1180. The van der Waals surface area contributed by atoms with E-state index in [1.165, 1.54) is 12.0 Å². The van der Waals surface area contributed by atoms with Crippen LogP contribution in [0.5, 0.6) is 0 Å². The maximum absolute atomic E-state index is 12.9. The van der Waals surface area contributed by atoms with Gasteiger partial charge in [0.25, 0.3) is 5.91 Å². The van der Waals surface area contributed by atoms with Crippen molar-refractivity contribution < 1.29 is 4.79 Å². The molecule has 3 aromatic carbocycles. The monoisotopic (exact) mass is 424 g/mol. The first kappa shape index (κ1) is 20.5. The van der Waals surface area contributed by atoms with Crippen LogP contribution in [0.4, 0.5) is 0 Å². The first-order valence-corrected chi connectivity index (χ1v) is 11.3. The standard InChI is InChI=1S/C27H28N4O/c32-27(26-10-3-8-23-7-1-2-9-25(23)26)28-18-22-6-4-16-30(20-22)19-21-11-13-24(14-12-21)31-17-5-15-29-31/h1-3,5,7-15,17,22H,4,6,16,18-20H2,(H,28,32)/t22-/m0/s1. The number of aromatic nitrogens is 2. The van der Waals surface area contributed by atoms with Crippen LogP contribution >= 0.6 is 0 Å². The molecule has 2 heterocycles. The van der Waals surface area contributed by atoms with E-state index in [2.05, 4.69) is 39.6 Å². The van der Waals surface area contributed by atoms with E-state index in [1.54, 1.807) is 6.20 Å². The van der Waals surface area contributed by atoms with Crippen molar-refractivity contribution in [1.29, 1.82) is 0 Å². The number of hydrogen-bond donors (Lipinski definition) is 1. The molecule has 0 bridgehead atoms. The lowest BCUT2D eigenvalue weighted by molar-refractivity contribution is 0.0932. The highest BCUT2D eigenvalue weighted by atomic mass is 16.1. The molecule has 4 aromatic rings. The zero-order valence-corrected chi connectivity index (χ0v) is 18.2. The Morgan fingerprint density at radius 1 is 1.00 bits per heavy atom. The fourth-order valence-electron chi connectivity index (χ4n) is 4.65. The third-order valence-electron chi connectivity index (χ3n) is 6.30. The molecule has 1 N–H and O–H groups in total. The lowest BCUT2D eigenvalue weighted by Gasteiger charge is -2.33. The summed E-state index contributed by atoms with van der Waals surface area (Å²) in [7, 11) is 0. The zero-order chi connectivity index (χ0) is 21.8. The second kappa shape index (κ2) is 9.37. The number of carbonyl (C=O) groups is 1. The summed E-state index contributed by atoms with van der Waals surface area (Å²) < 4.78 is 1.87. The summed E-state index contributed by atoms with van der Waals surface area (Å²) in [4.78, 5) is 15.4. The molecule has 0 unspecified atom stereocenters. The molecule has 0 radical (unpaired) electrons. The Morgan fingerprint density at radius 3 is 2.69 bits per heavy atom. The van der Waals surface area contributed by atoms with Crippen molar-refractivity contribution in [1.82, 2.24) is 20.0 Å². The summed E-state index contributed by atoms with van der Waals surface area (Å²) in [6.07, 6.45) is 6.07. The molecule has 1 aromatic heterocycles. The van der Waals surface area contributed by atoms with E-state index in [-0.39, 0.29) is 5.91 Å². The molecule has 0 saturated carbocycles. The predicted molar refractivity (Wildman–Crippen MR) is 128 cm³/mol. The Labute approximate surface area is 188 Å². The molecule has 1 saturated heterocycles. The molecule has 1 amide bonds. The van der Waals surface area contributed by atoms with Crippen LogP contribution in [-0.2, 0) is 6.54 Å². The summed E-state index contributed by atoms with van der Waals surface area (Å²) >= 11 is 0. The summed E-state index contributed by atoms with van der Waals surface area (Å²) in [5, 5.41) is 9.59. The van der Waals surface area contributed by atoms with E-state index in [9.17, 15) is 4.79 Å². The van der Waals surface area contributed by atoms with E-state index < -0.39 is 0 Å². The van der Waals surface area contributed by atoms with Crippen LogP contribution in [-0.4, -0.2) is 40.2 Å². The van der Waals surface area contributed by atoms with Gasteiger partial charge in [0, 0.05) is 37.6 Å². The number of amides is 1. The van der Waals surface area contributed by atoms with E-state index >= 15 is 0 Å². The number of carbonyl (C=O) groups excluding carboxylic acids is 1. The van der Waals surface area contributed by atoms with Gasteiger partial charge < -0.3 is 5.32 Å². The highest BCUT2D eigenvalue weighted by Crippen LogP contribution is 2.21. The normalized spacial score (nSPS) is 16.8. The Kier molecular flexibility index (Phi) is 5.99. The van der Waals surface area contributed by atoms with Gasteiger partial charge in [0.2, 0.25) is 0 Å². The van der Waals surface area contributed by atoms with Gasteiger partial charge in [-0.3, -0.25) is 9.69 Å². The summed E-state index contributed by atoms with van der Waals surface area (Å²) in [6.45, 7) is 3.77. The summed E-state index contributed by atoms with van der Waals surface area (Å²) in [6, 6.07) is 24.5. The highest BCUT2D eigenvalue weighted by molar-refractivity contribution is 6.06. The quantitative estimate of drug-likeness (QED) is 0.489. The minimum absolute atomic E-state index is 0.0214. The van der Waals surface area contributed by atoms with E-state index in [4.69, 9.17) is 0 Å². The van der Waals surface area contributed by atoms with Crippen LogP contribution in [0, 0.1) is 5.92 Å². The first-order chi connectivity index (χ1) is 15.8. The van der Waals surface area contributed by atoms with Crippen molar-refractivity contribution >= 4 is 16.7 Å². The number of rotatable bonds is 6. The zero-order valence-electron chi connectivity index (χ0n) is 18.2. The van der Waals surface area contributed by atoms with E-state index in [0.29, 0.717) is 5.92 Å². The topological polar surface area (TPSA) is 50.2 Å². The lowest BCUT2D eigenvalue weighted by atomic mass is 9.97. The minimum atomic E-state index is 0.0214. The molecule has 1 aliphatic heterocycles. The highest BCUT2D eigenvalue weighted by Gasteiger charge is 2.21. The van der Waals surface area contributed by atoms with Crippen LogP contribution in [0.25, 0.3) is 16.5 Å². The fraction of sp³-hybridized carbons (Fsp3) is 0.259. The van der Waals surface area contributed by atoms with Crippen molar-refractivity contribution in [2.75, 3.05) is 19.6 Å². The number of fused-ring (bicyclic) bond motifs is 1. The largest absolute Gasteiger partial charge is 0.352 e. The van der Waals surface area contributed by atoms with Crippen LogP contribution in [0.3, 0.4) is 0 Å². The van der Waals surface area contributed by atoms with Gasteiger partial charge >= 0.3 is 0 Å². The first-order valence-electron chi connectivity index (χ1n) is 11.3. The van der Waals surface area contributed by atoms with Gasteiger partial charge in [0.15, 0.2) is 0 Å². The fourth-order valence-corrected chi connectivity index (χ4v) is 4.65. The van der Waals surface area contributed by atoms with Gasteiger partial charge in [-0.25, -0.2) is 4.68 Å². The van der Waals surface area contributed by atoms with Gasteiger partial charge in [-0.15, -0.1) is 0 Å². The van der Waals surface area contributed by atoms with E-state index in [0.717, 1.165) is 54.6 Å². The molecular formula is C27H28N4O. The van der Waals surface area contributed by atoms with Crippen LogP contribution in [0.2, 0.25) is 0 Å². The van der Waals surface area contributed by atoms with Gasteiger partial charge in [-0.2, -0.15) is 5.10 Å². The molecule has 32 heavy (non-hydrogen) atoms. The maximum Gasteiger partial charge on any atom is 0.251 e. The number of nitrogens with zero attached hydrogens (tertiary/aromatic N) is 3. The molecule has 5 nitrogen and oxygen atoms in total. The van der Waals surface area contributed by atoms with Gasteiger partial charge in [0.1, 0.15) is 0 Å². The summed E-state index contributed by atoms with van der Waals surface area (Å²) in [5.41, 5.74) is 3.14. The molecule has 5 heteroatoms. The Hall–Kier alpha value is -3.44. The van der Waals surface area contributed by atoms with E-state index in [1.807, 2.05) is 59.4 Å². The number of likely N-dealkylation sites (tertiary alicyclic amines) is 1. The van der Waals surface area contributed by atoms with Gasteiger partial charge in [-0.1, -0.05) is 48.5 Å². The molecule has 5 rings (SSSR count). The second-order valence-corrected chi connectivity index (χ2v) is 8.60. The van der Waals surface area contributed by atoms with Crippen molar-refractivity contribution in [2.24, 2.45) is 5.92 Å². The molecule has 162 valence electrons. The van der Waals surface area contributed by atoms with Gasteiger partial charge in [0.05, 0.1) is 5.69 Å². The Balaban J connectivity index is 1.17. The molecule has 0 spiro atoms. The SMILES string of the molecule is O=C(NC[C@@H]1CCCN(Cc2ccc(-n3cccn3)cc2)C1)c1cccc2ccccc12. The van der Waals surface area contributed by atoms with Crippen LogP contribution in [0.15, 0.2) is 85.2 Å². The van der Waals surface area contributed by atoms with Gasteiger partial charge in [-0.05, 0) is 65.9 Å². The molecular weight excluding hydrogens is 396 g/mol. The molecule has 1 atom stereocenters. The number of piperidine rings is 1. The van der Waals surface area contributed by atoms with Crippen molar-refractivity contribution in [3.05, 3.63) is 96.3 Å². The maximum atomic E-state index is 12.9. The molecule has 0 aliphatic carbocycles. The number of hydrogen-bond acceptors (Lipinski definition) is 3. The average Bonchev–Trinajstić information content (AvgIpc) is 3.38. The Morgan fingerprint density at radius 2 is 1.84 bits per heavy atom. The third-order valence-corrected chi connectivity index (χ3v) is 6.30. The minimum Gasteiger partial charge on any atom is -0.352 e. The molecule has 1 aliphatic rings. The van der Waals surface area contributed by atoms with Crippen molar-refractivity contribution in [3.8, 4) is 5.69 Å². The third kappa shape index (κ3) is 4.58. The number of benzene rings is 3.